The van der Waals surface area contributed by atoms with Crippen molar-refractivity contribution in [1.82, 2.24) is 4.90 Å². The Morgan fingerprint density at radius 1 is 1.35 bits per heavy atom. The van der Waals surface area contributed by atoms with Crippen molar-refractivity contribution < 1.29 is 14.6 Å². The molecule has 1 aliphatic rings. The zero-order valence-electron chi connectivity index (χ0n) is 12.1. The lowest BCUT2D eigenvalue weighted by Gasteiger charge is -2.24. The number of hydrogen-bond acceptors (Lipinski definition) is 3. The van der Waals surface area contributed by atoms with E-state index in [1.165, 1.54) is 0 Å². The van der Waals surface area contributed by atoms with Crippen LogP contribution >= 0.6 is 0 Å². The predicted octanol–water partition coefficient (Wildman–Crippen LogP) is 2.28. The molecule has 0 fully saturated rings. The number of benzene rings is 1. The van der Waals surface area contributed by atoms with Gasteiger partial charge in [-0.1, -0.05) is 17.9 Å². The molecule has 0 bridgehead atoms. The van der Waals surface area contributed by atoms with Crippen LogP contribution in [-0.2, 0) is 17.8 Å². The third-order valence-electron chi connectivity index (χ3n) is 2.89. The Kier molecular flexibility index (Phi) is 4.01. The first-order chi connectivity index (χ1) is 9.39. The quantitative estimate of drug-likeness (QED) is 0.738. The monoisotopic (exact) mass is 273 g/mol. The Hall–Kier alpha value is -1.99. The van der Waals surface area contributed by atoms with E-state index in [0.29, 0.717) is 13.1 Å². The largest absolute Gasteiger partial charge is 0.444 e. The summed E-state index contributed by atoms with van der Waals surface area (Å²) < 4.78 is 5.37. The number of carbonyl (C=O) groups is 1. The van der Waals surface area contributed by atoms with Crippen molar-refractivity contribution in [2.75, 3.05) is 6.61 Å². The van der Waals surface area contributed by atoms with E-state index in [9.17, 15) is 4.79 Å². The van der Waals surface area contributed by atoms with Crippen LogP contribution in [0.3, 0.4) is 0 Å². The van der Waals surface area contributed by atoms with Crippen molar-refractivity contribution in [1.29, 1.82) is 0 Å². The molecule has 0 saturated carbocycles. The Labute approximate surface area is 119 Å². The van der Waals surface area contributed by atoms with Crippen LogP contribution in [0.1, 0.15) is 37.5 Å². The fraction of sp³-hybridized carbons (Fsp3) is 0.438. The van der Waals surface area contributed by atoms with Crippen molar-refractivity contribution in [3.05, 3.63) is 34.9 Å². The summed E-state index contributed by atoms with van der Waals surface area (Å²) in [6.07, 6.45) is -0.295. The lowest BCUT2D eigenvalue weighted by atomic mass is 10.1. The summed E-state index contributed by atoms with van der Waals surface area (Å²) in [5, 5.41) is 8.70. The zero-order chi connectivity index (χ0) is 14.8. The second-order valence-electron chi connectivity index (χ2n) is 5.78. The third-order valence-corrected chi connectivity index (χ3v) is 2.89. The number of nitrogens with zero attached hydrogens (tertiary/aromatic N) is 1. The molecule has 0 aliphatic carbocycles. The Morgan fingerprint density at radius 2 is 2.05 bits per heavy atom. The van der Waals surface area contributed by atoms with E-state index < -0.39 is 5.60 Å². The van der Waals surface area contributed by atoms with Gasteiger partial charge in [-0.3, -0.25) is 4.90 Å². The summed E-state index contributed by atoms with van der Waals surface area (Å²) in [5.74, 6) is 5.49. The lowest BCUT2D eigenvalue weighted by Crippen LogP contribution is -2.33. The van der Waals surface area contributed by atoms with E-state index in [-0.39, 0.29) is 12.7 Å². The first kappa shape index (κ1) is 14.4. The van der Waals surface area contributed by atoms with E-state index in [1.807, 2.05) is 39.0 Å². The smallest absolute Gasteiger partial charge is 0.410 e. The van der Waals surface area contributed by atoms with Gasteiger partial charge in [0, 0.05) is 18.7 Å². The van der Waals surface area contributed by atoms with Crippen molar-refractivity contribution in [3.63, 3.8) is 0 Å². The molecule has 0 aromatic heterocycles. The van der Waals surface area contributed by atoms with Gasteiger partial charge in [0.25, 0.3) is 0 Å². The number of ether oxygens (including phenoxy) is 1. The number of fused-ring (bicyclic) bond motifs is 1. The SMILES string of the molecule is CC(C)(C)OC(=O)N1Cc2ccc(C#CCO)cc2C1. The van der Waals surface area contributed by atoms with Gasteiger partial charge in [-0.05, 0) is 44.0 Å². The molecule has 0 saturated heterocycles. The molecule has 1 amide bonds. The van der Waals surface area contributed by atoms with E-state index in [1.54, 1.807) is 4.90 Å². The van der Waals surface area contributed by atoms with E-state index >= 15 is 0 Å². The maximum atomic E-state index is 12.0. The van der Waals surface area contributed by atoms with Gasteiger partial charge in [0.1, 0.15) is 12.2 Å². The Bertz CT molecular complexity index is 576. The number of hydrogen-bond donors (Lipinski definition) is 1. The van der Waals surface area contributed by atoms with Gasteiger partial charge >= 0.3 is 6.09 Å². The highest BCUT2D eigenvalue weighted by molar-refractivity contribution is 5.69. The van der Waals surface area contributed by atoms with Gasteiger partial charge in [-0.2, -0.15) is 0 Å². The second-order valence-corrected chi connectivity index (χ2v) is 5.78. The summed E-state index contributed by atoms with van der Waals surface area (Å²) in [5.41, 5.74) is 2.57. The van der Waals surface area contributed by atoms with Crippen molar-refractivity contribution in [3.8, 4) is 11.8 Å². The molecule has 106 valence electrons. The molecule has 2 rings (SSSR count). The molecule has 1 aromatic carbocycles. The van der Waals surface area contributed by atoms with Crippen LogP contribution < -0.4 is 0 Å². The predicted molar refractivity (Wildman–Crippen MR) is 75.9 cm³/mol. The summed E-state index contributed by atoms with van der Waals surface area (Å²) in [4.78, 5) is 13.7. The van der Waals surface area contributed by atoms with Gasteiger partial charge in [0.2, 0.25) is 0 Å². The highest BCUT2D eigenvalue weighted by Gasteiger charge is 2.27. The Morgan fingerprint density at radius 3 is 2.70 bits per heavy atom. The van der Waals surface area contributed by atoms with E-state index in [2.05, 4.69) is 11.8 Å². The van der Waals surface area contributed by atoms with Gasteiger partial charge in [-0.15, -0.1) is 0 Å². The highest BCUT2D eigenvalue weighted by Crippen LogP contribution is 2.25. The molecule has 0 atom stereocenters. The standard InChI is InChI=1S/C16H19NO3/c1-16(2,3)20-15(19)17-10-13-7-6-12(5-4-8-18)9-14(13)11-17/h6-7,9,18H,8,10-11H2,1-3H3. The first-order valence-corrected chi connectivity index (χ1v) is 6.58. The number of aliphatic hydroxyl groups is 1. The van der Waals surface area contributed by atoms with Crippen molar-refractivity contribution in [2.24, 2.45) is 0 Å². The van der Waals surface area contributed by atoms with Crippen LogP contribution in [0, 0.1) is 11.8 Å². The zero-order valence-corrected chi connectivity index (χ0v) is 12.1. The molecule has 4 nitrogen and oxygen atoms in total. The Balaban J connectivity index is 2.09. The second kappa shape index (κ2) is 5.56. The molecular formula is C16H19NO3. The molecule has 0 spiro atoms. The maximum Gasteiger partial charge on any atom is 0.410 e. The normalized spacial score (nSPS) is 13.5. The summed E-state index contributed by atoms with van der Waals surface area (Å²) >= 11 is 0. The minimum Gasteiger partial charge on any atom is -0.444 e. The topological polar surface area (TPSA) is 49.8 Å². The highest BCUT2D eigenvalue weighted by atomic mass is 16.6. The number of aliphatic hydroxyl groups excluding tert-OH is 1. The van der Waals surface area contributed by atoms with Crippen LogP contribution in [0.25, 0.3) is 0 Å². The van der Waals surface area contributed by atoms with Gasteiger partial charge < -0.3 is 9.84 Å². The fourth-order valence-electron chi connectivity index (χ4n) is 2.07. The molecule has 20 heavy (non-hydrogen) atoms. The summed E-state index contributed by atoms with van der Waals surface area (Å²) in [6.45, 7) is 6.53. The minimum absolute atomic E-state index is 0.152. The average Bonchev–Trinajstić information content (AvgIpc) is 2.77. The molecule has 4 heteroatoms. The molecule has 1 N–H and O–H groups in total. The fourth-order valence-corrected chi connectivity index (χ4v) is 2.07. The van der Waals surface area contributed by atoms with Crippen LogP contribution in [0.2, 0.25) is 0 Å². The van der Waals surface area contributed by atoms with Crippen LogP contribution in [-0.4, -0.2) is 28.3 Å². The summed E-state index contributed by atoms with van der Waals surface area (Å²) in [6, 6.07) is 5.84. The van der Waals surface area contributed by atoms with E-state index in [0.717, 1.165) is 16.7 Å². The lowest BCUT2D eigenvalue weighted by molar-refractivity contribution is 0.0242. The van der Waals surface area contributed by atoms with Crippen molar-refractivity contribution in [2.45, 2.75) is 39.5 Å². The number of carbonyl (C=O) groups excluding carboxylic acids is 1. The number of rotatable bonds is 0. The molecule has 1 aliphatic heterocycles. The average molecular weight is 273 g/mol. The molecule has 0 radical (unpaired) electrons. The van der Waals surface area contributed by atoms with Crippen LogP contribution in [0.4, 0.5) is 4.79 Å². The molecule has 0 unspecified atom stereocenters. The molecular weight excluding hydrogens is 254 g/mol. The molecule has 1 aromatic rings. The third kappa shape index (κ3) is 3.52. The van der Waals surface area contributed by atoms with Gasteiger partial charge in [-0.25, -0.2) is 4.79 Å². The first-order valence-electron chi connectivity index (χ1n) is 6.58. The van der Waals surface area contributed by atoms with Gasteiger partial charge in [0.15, 0.2) is 0 Å². The summed E-state index contributed by atoms with van der Waals surface area (Å²) in [7, 11) is 0. The van der Waals surface area contributed by atoms with Crippen LogP contribution in [0.15, 0.2) is 18.2 Å². The number of amides is 1. The van der Waals surface area contributed by atoms with Crippen LogP contribution in [0.5, 0.6) is 0 Å². The van der Waals surface area contributed by atoms with Crippen molar-refractivity contribution >= 4 is 6.09 Å². The van der Waals surface area contributed by atoms with Gasteiger partial charge in [0.05, 0.1) is 0 Å². The maximum absolute atomic E-state index is 12.0. The van der Waals surface area contributed by atoms with E-state index in [4.69, 9.17) is 9.84 Å². The molecule has 1 heterocycles. The minimum atomic E-state index is -0.483.